The molecule has 0 amide bonds. The predicted molar refractivity (Wildman–Crippen MR) is 175 cm³/mol. The summed E-state index contributed by atoms with van der Waals surface area (Å²) in [5.74, 6) is 0.330. The zero-order valence-corrected chi connectivity index (χ0v) is 27.1. The van der Waals surface area contributed by atoms with Crippen LogP contribution in [0.3, 0.4) is 0 Å². The normalized spacial score (nSPS) is 13.0. The molecule has 2 atom stereocenters. The average Bonchev–Trinajstić information content (AvgIpc) is 2.95. The molecule has 0 aliphatic rings. The van der Waals surface area contributed by atoms with Crippen molar-refractivity contribution in [2.24, 2.45) is 5.92 Å². The Balaban J connectivity index is 1.62. The van der Waals surface area contributed by atoms with Crippen LogP contribution in [0.2, 0.25) is 0 Å². The van der Waals surface area contributed by atoms with Gasteiger partial charge in [-0.05, 0) is 118 Å². The van der Waals surface area contributed by atoms with Gasteiger partial charge in [0, 0.05) is 12.0 Å². The van der Waals surface area contributed by atoms with E-state index >= 15 is 0 Å². The Morgan fingerprint density at radius 2 is 1.57 bits per heavy atom. The molecule has 0 bridgehead atoms. The van der Waals surface area contributed by atoms with Crippen molar-refractivity contribution in [1.29, 1.82) is 0 Å². The fourth-order valence-electron chi connectivity index (χ4n) is 5.87. The second kappa shape index (κ2) is 15.9. The van der Waals surface area contributed by atoms with Crippen LogP contribution in [0.1, 0.15) is 123 Å². The van der Waals surface area contributed by atoms with Gasteiger partial charge >= 0.3 is 5.97 Å². The van der Waals surface area contributed by atoms with Gasteiger partial charge in [-0.15, -0.1) is 0 Å². The van der Waals surface area contributed by atoms with Gasteiger partial charge in [0.2, 0.25) is 0 Å². The molecule has 42 heavy (non-hydrogen) atoms. The molecule has 0 saturated carbocycles. The molecule has 3 aromatic carbocycles. The number of ether oxygens (including phenoxy) is 1. The Kier molecular flexibility index (Phi) is 12.6. The number of Topliss-reactive ketones (excluding diaryl/α,β-unsaturated/α-hetero) is 1. The van der Waals surface area contributed by atoms with Crippen LogP contribution in [0.4, 0.5) is 0 Å². The molecule has 226 valence electrons. The standard InChI is InChI=1S/C39H52O3/c1-8-14-34(20-13-19-33-18-11-10-15-28(33)3)36-23-22-35(27-32(36)9-2)37(40)24-21-30-16-12-17-31(26-30)25-29(4)38(41)42-39(5,6)7/h10-12,15-18,22-23,26-27,29,34H,8-9,13-14,19-21,24-25H2,1-7H3. The molecule has 0 aromatic heterocycles. The van der Waals surface area contributed by atoms with Crippen LogP contribution < -0.4 is 0 Å². The first-order valence-corrected chi connectivity index (χ1v) is 16.0. The van der Waals surface area contributed by atoms with Crippen LogP contribution >= 0.6 is 0 Å². The summed E-state index contributed by atoms with van der Waals surface area (Å²) < 4.78 is 5.54. The number of hydrogen-bond acceptors (Lipinski definition) is 3. The third kappa shape index (κ3) is 10.3. The zero-order valence-electron chi connectivity index (χ0n) is 27.1. The van der Waals surface area contributed by atoms with Gasteiger partial charge in [0.15, 0.2) is 5.78 Å². The van der Waals surface area contributed by atoms with Gasteiger partial charge in [-0.2, -0.15) is 0 Å². The first-order chi connectivity index (χ1) is 20.0. The van der Waals surface area contributed by atoms with Crippen LogP contribution in [0.5, 0.6) is 0 Å². The number of aryl methyl sites for hydroxylation is 4. The van der Waals surface area contributed by atoms with Crippen LogP contribution in [-0.4, -0.2) is 17.4 Å². The van der Waals surface area contributed by atoms with Crippen LogP contribution in [-0.2, 0) is 35.2 Å². The third-order valence-electron chi connectivity index (χ3n) is 8.17. The smallest absolute Gasteiger partial charge is 0.309 e. The summed E-state index contributed by atoms with van der Waals surface area (Å²) in [4.78, 5) is 25.7. The molecule has 3 aromatic rings. The number of carbonyl (C=O) groups is 2. The second-order valence-corrected chi connectivity index (χ2v) is 13.0. The van der Waals surface area contributed by atoms with Crippen molar-refractivity contribution >= 4 is 11.8 Å². The number of ketones is 1. The van der Waals surface area contributed by atoms with Gasteiger partial charge in [-0.3, -0.25) is 9.59 Å². The molecule has 3 heteroatoms. The number of rotatable bonds is 15. The van der Waals surface area contributed by atoms with E-state index in [4.69, 9.17) is 4.74 Å². The molecule has 3 rings (SSSR count). The lowest BCUT2D eigenvalue weighted by molar-refractivity contribution is -0.159. The molecule has 0 heterocycles. The molecular formula is C39H52O3. The fourth-order valence-corrected chi connectivity index (χ4v) is 5.87. The van der Waals surface area contributed by atoms with E-state index in [1.54, 1.807) is 0 Å². The number of benzene rings is 3. The maximum atomic E-state index is 13.3. The predicted octanol–water partition coefficient (Wildman–Crippen LogP) is 9.80. The summed E-state index contributed by atoms with van der Waals surface area (Å²) in [6.07, 6.45) is 8.53. The second-order valence-electron chi connectivity index (χ2n) is 13.0. The van der Waals surface area contributed by atoms with E-state index in [0.717, 1.165) is 36.0 Å². The topological polar surface area (TPSA) is 43.4 Å². The molecule has 0 saturated heterocycles. The first-order valence-electron chi connectivity index (χ1n) is 16.0. The average molecular weight is 569 g/mol. The van der Waals surface area contributed by atoms with Crippen molar-refractivity contribution in [3.63, 3.8) is 0 Å². The van der Waals surface area contributed by atoms with Crippen molar-refractivity contribution in [1.82, 2.24) is 0 Å². The van der Waals surface area contributed by atoms with Gasteiger partial charge in [-0.1, -0.05) is 87.9 Å². The highest BCUT2D eigenvalue weighted by atomic mass is 16.6. The summed E-state index contributed by atoms with van der Waals surface area (Å²) in [6, 6.07) is 23.4. The highest BCUT2D eigenvalue weighted by Gasteiger charge is 2.22. The van der Waals surface area contributed by atoms with Crippen molar-refractivity contribution in [2.75, 3.05) is 0 Å². The maximum absolute atomic E-state index is 13.3. The largest absolute Gasteiger partial charge is 0.460 e. The highest BCUT2D eigenvalue weighted by molar-refractivity contribution is 5.96. The third-order valence-corrected chi connectivity index (χ3v) is 8.17. The molecule has 0 aliphatic heterocycles. The number of hydrogen-bond donors (Lipinski definition) is 0. The van der Waals surface area contributed by atoms with Crippen molar-refractivity contribution in [2.45, 2.75) is 118 Å². The molecule has 3 nitrogen and oxygen atoms in total. The number of carbonyl (C=O) groups excluding carboxylic acids is 2. The summed E-state index contributed by atoms with van der Waals surface area (Å²) in [6.45, 7) is 14.3. The van der Waals surface area contributed by atoms with Gasteiger partial charge in [0.1, 0.15) is 5.60 Å². The van der Waals surface area contributed by atoms with Gasteiger partial charge in [0.05, 0.1) is 5.92 Å². The molecule has 0 N–H and O–H groups in total. The van der Waals surface area contributed by atoms with Crippen molar-refractivity contribution in [3.8, 4) is 0 Å². The Hall–Kier alpha value is -3.20. The van der Waals surface area contributed by atoms with Crippen molar-refractivity contribution in [3.05, 3.63) is 106 Å². The maximum Gasteiger partial charge on any atom is 0.309 e. The van der Waals surface area contributed by atoms with E-state index in [0.29, 0.717) is 25.2 Å². The lowest BCUT2D eigenvalue weighted by atomic mass is 9.84. The van der Waals surface area contributed by atoms with Crippen LogP contribution in [0.25, 0.3) is 0 Å². The van der Waals surface area contributed by atoms with Gasteiger partial charge in [0.25, 0.3) is 0 Å². The Labute approximate surface area is 255 Å². The molecule has 0 fully saturated rings. The minimum atomic E-state index is -0.484. The van der Waals surface area contributed by atoms with Gasteiger partial charge in [-0.25, -0.2) is 0 Å². The van der Waals surface area contributed by atoms with E-state index in [1.807, 2.05) is 39.8 Å². The molecule has 0 radical (unpaired) electrons. The fraction of sp³-hybridized carbons (Fsp3) is 0.487. The monoisotopic (exact) mass is 568 g/mol. The lowest BCUT2D eigenvalue weighted by Gasteiger charge is -2.22. The van der Waals surface area contributed by atoms with Gasteiger partial charge < -0.3 is 4.74 Å². The van der Waals surface area contributed by atoms with E-state index in [1.165, 1.54) is 41.5 Å². The van der Waals surface area contributed by atoms with Crippen LogP contribution in [0, 0.1) is 12.8 Å². The SMILES string of the molecule is CCCC(CCCc1ccccc1C)c1ccc(C(=O)CCc2cccc(CC(C)C(=O)OC(C)(C)C)c2)cc1CC. The van der Waals surface area contributed by atoms with E-state index < -0.39 is 5.60 Å². The highest BCUT2D eigenvalue weighted by Crippen LogP contribution is 2.31. The van der Waals surface area contributed by atoms with E-state index in [2.05, 4.69) is 75.4 Å². The summed E-state index contributed by atoms with van der Waals surface area (Å²) in [7, 11) is 0. The molecule has 0 spiro atoms. The quantitative estimate of drug-likeness (QED) is 0.135. The molecular weight excluding hydrogens is 516 g/mol. The minimum absolute atomic E-state index is 0.175. The number of esters is 1. The lowest BCUT2D eigenvalue weighted by Crippen LogP contribution is -2.28. The van der Waals surface area contributed by atoms with Crippen molar-refractivity contribution < 1.29 is 14.3 Å². The summed E-state index contributed by atoms with van der Waals surface area (Å²) in [5.41, 5.74) is 8.13. The zero-order chi connectivity index (χ0) is 30.7. The Morgan fingerprint density at radius 1 is 0.833 bits per heavy atom. The summed E-state index contributed by atoms with van der Waals surface area (Å²) >= 11 is 0. The van der Waals surface area contributed by atoms with E-state index in [-0.39, 0.29) is 17.7 Å². The van der Waals surface area contributed by atoms with E-state index in [9.17, 15) is 9.59 Å². The Morgan fingerprint density at radius 3 is 2.26 bits per heavy atom. The summed E-state index contributed by atoms with van der Waals surface area (Å²) in [5, 5.41) is 0. The molecule has 0 aliphatic carbocycles. The first kappa shape index (κ1) is 33.3. The Bertz CT molecular complexity index is 1310. The molecule has 2 unspecified atom stereocenters. The van der Waals surface area contributed by atoms with Crippen LogP contribution in [0.15, 0.2) is 66.7 Å². The minimum Gasteiger partial charge on any atom is -0.460 e.